The maximum absolute atomic E-state index is 13.0. The monoisotopic (exact) mass is 380 g/mol. The summed E-state index contributed by atoms with van der Waals surface area (Å²) in [6.07, 6.45) is -4.87. The summed E-state index contributed by atoms with van der Waals surface area (Å²) in [6, 6.07) is 6.75. The van der Waals surface area contributed by atoms with Gasteiger partial charge in [-0.1, -0.05) is 23.7 Å². The summed E-state index contributed by atoms with van der Waals surface area (Å²) in [6.45, 7) is 0. The lowest BCUT2D eigenvalue weighted by molar-refractivity contribution is -0.387. The van der Waals surface area contributed by atoms with Gasteiger partial charge >= 0.3 is 6.18 Å². The minimum absolute atomic E-state index is 0.240. The Kier molecular flexibility index (Phi) is 4.72. The number of hydrogen-bond acceptors (Lipinski definition) is 4. The number of nitro benzene ring substituents is 1. The molecule has 0 amide bonds. The number of para-hydroxylation sites is 1. The molecule has 0 saturated carbocycles. The largest absolute Gasteiger partial charge is 0.418 e. The van der Waals surface area contributed by atoms with E-state index in [4.69, 9.17) is 11.6 Å². The molecule has 0 radical (unpaired) electrons. The highest BCUT2D eigenvalue weighted by atomic mass is 35.5. The average Bonchev–Trinajstić information content (AvgIpc) is 2.48. The number of nitrogens with one attached hydrogen (secondary N) is 1. The molecule has 0 aromatic heterocycles. The van der Waals surface area contributed by atoms with Crippen molar-refractivity contribution in [1.82, 2.24) is 0 Å². The van der Waals surface area contributed by atoms with Gasteiger partial charge in [0.15, 0.2) is 4.90 Å². The zero-order valence-electron chi connectivity index (χ0n) is 11.5. The molecular formula is C13H8ClF3N2O4S. The van der Waals surface area contributed by atoms with Gasteiger partial charge in [-0.15, -0.1) is 0 Å². The second-order valence-corrected chi connectivity index (χ2v) is 6.61. The van der Waals surface area contributed by atoms with E-state index in [9.17, 15) is 31.7 Å². The second-order valence-electron chi connectivity index (χ2n) is 4.52. The van der Waals surface area contributed by atoms with Crippen molar-refractivity contribution < 1.29 is 26.5 Å². The lowest BCUT2D eigenvalue weighted by Crippen LogP contribution is -2.18. The number of anilines is 1. The molecule has 0 atom stereocenters. The predicted octanol–water partition coefficient (Wildman–Crippen LogP) is 4.07. The van der Waals surface area contributed by atoms with Crippen molar-refractivity contribution in [2.75, 3.05) is 4.72 Å². The van der Waals surface area contributed by atoms with Crippen LogP contribution in [0.3, 0.4) is 0 Å². The summed E-state index contributed by atoms with van der Waals surface area (Å²) < 4.78 is 65.3. The topological polar surface area (TPSA) is 89.3 Å². The SMILES string of the molecule is O=[N+]([O-])c1ccccc1S(=O)(=O)Nc1ccc(Cl)cc1C(F)(F)F. The molecule has 2 rings (SSSR count). The number of nitrogens with zero attached hydrogens (tertiary/aromatic N) is 1. The summed E-state index contributed by atoms with van der Waals surface area (Å²) in [5, 5.41) is 10.7. The number of nitro groups is 1. The first-order chi connectivity index (χ1) is 11.0. The lowest BCUT2D eigenvalue weighted by atomic mass is 10.2. The Bertz CT molecular complexity index is 900. The molecule has 11 heteroatoms. The summed E-state index contributed by atoms with van der Waals surface area (Å²) in [7, 11) is -4.62. The van der Waals surface area contributed by atoms with E-state index in [1.165, 1.54) is 12.1 Å². The molecule has 0 fully saturated rings. The first-order valence-electron chi connectivity index (χ1n) is 6.15. The quantitative estimate of drug-likeness (QED) is 0.639. The third-order valence-corrected chi connectivity index (χ3v) is 4.53. The minimum Gasteiger partial charge on any atom is -0.279 e. The Balaban J connectivity index is 2.54. The van der Waals surface area contributed by atoms with E-state index in [-0.39, 0.29) is 5.02 Å². The Morgan fingerprint density at radius 2 is 1.75 bits per heavy atom. The Morgan fingerprint density at radius 3 is 2.33 bits per heavy atom. The number of sulfonamides is 1. The number of benzene rings is 2. The lowest BCUT2D eigenvalue weighted by Gasteiger charge is -2.15. The molecule has 2 aromatic rings. The smallest absolute Gasteiger partial charge is 0.279 e. The third-order valence-electron chi connectivity index (χ3n) is 2.88. The van der Waals surface area contributed by atoms with E-state index in [2.05, 4.69) is 0 Å². The predicted molar refractivity (Wildman–Crippen MR) is 80.4 cm³/mol. The van der Waals surface area contributed by atoms with Gasteiger partial charge in [0.05, 0.1) is 16.2 Å². The third kappa shape index (κ3) is 3.77. The van der Waals surface area contributed by atoms with Crippen LogP contribution in [-0.4, -0.2) is 13.3 Å². The van der Waals surface area contributed by atoms with Crippen molar-refractivity contribution in [2.45, 2.75) is 11.1 Å². The van der Waals surface area contributed by atoms with Crippen molar-refractivity contribution in [3.8, 4) is 0 Å². The van der Waals surface area contributed by atoms with Gasteiger partial charge in [-0.25, -0.2) is 8.42 Å². The normalized spacial score (nSPS) is 12.0. The van der Waals surface area contributed by atoms with Gasteiger partial charge in [0.2, 0.25) is 0 Å². The molecule has 6 nitrogen and oxygen atoms in total. The molecule has 0 spiro atoms. The number of halogens is 4. The van der Waals surface area contributed by atoms with Crippen LogP contribution in [0.1, 0.15) is 5.56 Å². The van der Waals surface area contributed by atoms with Crippen molar-refractivity contribution in [3.05, 3.63) is 63.2 Å². The van der Waals surface area contributed by atoms with Crippen molar-refractivity contribution >= 4 is 33.0 Å². The van der Waals surface area contributed by atoms with Crippen LogP contribution in [0.25, 0.3) is 0 Å². The molecule has 2 aromatic carbocycles. The van der Waals surface area contributed by atoms with Gasteiger partial charge in [0.25, 0.3) is 15.7 Å². The number of alkyl halides is 3. The Morgan fingerprint density at radius 1 is 1.12 bits per heavy atom. The maximum atomic E-state index is 13.0. The van der Waals surface area contributed by atoms with Crippen LogP contribution in [0.5, 0.6) is 0 Å². The van der Waals surface area contributed by atoms with Crippen LogP contribution in [-0.2, 0) is 16.2 Å². The minimum atomic E-state index is -4.87. The second kappa shape index (κ2) is 6.29. The fourth-order valence-electron chi connectivity index (χ4n) is 1.87. The maximum Gasteiger partial charge on any atom is 0.418 e. The van der Waals surface area contributed by atoms with Crippen LogP contribution < -0.4 is 4.72 Å². The molecule has 0 aliphatic carbocycles. The van der Waals surface area contributed by atoms with Crippen molar-refractivity contribution in [2.24, 2.45) is 0 Å². The molecule has 24 heavy (non-hydrogen) atoms. The molecular weight excluding hydrogens is 373 g/mol. The van der Waals surface area contributed by atoms with Gasteiger partial charge in [-0.2, -0.15) is 13.2 Å². The molecule has 0 heterocycles. The van der Waals surface area contributed by atoms with E-state index in [1.54, 1.807) is 4.72 Å². The van der Waals surface area contributed by atoms with Crippen molar-refractivity contribution in [3.63, 3.8) is 0 Å². The van der Waals surface area contributed by atoms with Crippen LogP contribution in [0.4, 0.5) is 24.5 Å². The summed E-state index contributed by atoms with van der Waals surface area (Å²) in [4.78, 5) is 9.21. The fraction of sp³-hybridized carbons (Fsp3) is 0.0769. The number of hydrogen-bond donors (Lipinski definition) is 1. The zero-order chi connectivity index (χ0) is 18.1. The first kappa shape index (κ1) is 18.0. The Hall–Kier alpha value is -2.33. The average molecular weight is 381 g/mol. The van der Waals surface area contributed by atoms with Crippen LogP contribution in [0.15, 0.2) is 47.4 Å². The zero-order valence-corrected chi connectivity index (χ0v) is 13.1. The highest BCUT2D eigenvalue weighted by Gasteiger charge is 2.35. The van der Waals surface area contributed by atoms with E-state index < -0.39 is 43.0 Å². The highest BCUT2D eigenvalue weighted by molar-refractivity contribution is 7.92. The van der Waals surface area contributed by atoms with Crippen LogP contribution >= 0.6 is 11.6 Å². The molecule has 128 valence electrons. The van der Waals surface area contributed by atoms with Crippen LogP contribution in [0, 0.1) is 10.1 Å². The van der Waals surface area contributed by atoms with Crippen LogP contribution in [0.2, 0.25) is 5.02 Å². The summed E-state index contributed by atoms with van der Waals surface area (Å²) in [5.74, 6) is 0. The molecule has 0 saturated heterocycles. The van der Waals surface area contributed by atoms with E-state index in [0.29, 0.717) is 6.07 Å². The van der Waals surface area contributed by atoms with Gasteiger partial charge in [-0.3, -0.25) is 14.8 Å². The van der Waals surface area contributed by atoms with Gasteiger partial charge < -0.3 is 0 Å². The number of rotatable bonds is 4. The Labute approximate surface area is 139 Å². The van der Waals surface area contributed by atoms with E-state index in [1.807, 2.05) is 0 Å². The summed E-state index contributed by atoms with van der Waals surface area (Å²) >= 11 is 5.51. The van der Waals surface area contributed by atoms with Gasteiger partial charge in [0, 0.05) is 11.1 Å². The van der Waals surface area contributed by atoms with E-state index in [0.717, 1.165) is 24.3 Å². The molecule has 1 N–H and O–H groups in total. The van der Waals surface area contributed by atoms with Gasteiger partial charge in [-0.05, 0) is 24.3 Å². The van der Waals surface area contributed by atoms with Gasteiger partial charge in [0.1, 0.15) is 0 Å². The molecule has 0 unspecified atom stereocenters. The molecule has 0 bridgehead atoms. The standard InChI is InChI=1S/C13H8ClF3N2O4S/c14-8-5-6-10(9(7-8)13(15,16)17)18-24(22,23)12-4-2-1-3-11(12)19(20)21/h1-7,18H. The fourth-order valence-corrected chi connectivity index (χ4v) is 3.30. The molecule has 0 aliphatic heterocycles. The highest BCUT2D eigenvalue weighted by Crippen LogP contribution is 2.37. The van der Waals surface area contributed by atoms with E-state index >= 15 is 0 Å². The summed E-state index contributed by atoms with van der Waals surface area (Å²) in [5.41, 5.74) is -2.85. The first-order valence-corrected chi connectivity index (χ1v) is 8.01. The molecule has 0 aliphatic rings. The van der Waals surface area contributed by atoms with Crippen molar-refractivity contribution in [1.29, 1.82) is 0 Å².